The van der Waals surface area contributed by atoms with Gasteiger partial charge in [-0.1, -0.05) is 31.2 Å². The quantitative estimate of drug-likeness (QED) is 0.867. The number of rotatable bonds is 6. The Morgan fingerprint density at radius 1 is 1.14 bits per heavy atom. The molecule has 3 nitrogen and oxygen atoms in total. The molecule has 1 saturated heterocycles. The smallest absolute Gasteiger partial charge is 0.0238 e. The zero-order chi connectivity index (χ0) is 14.7. The Balaban J connectivity index is 1.61. The fourth-order valence-corrected chi connectivity index (χ4v) is 3.26. The normalized spacial score (nSPS) is 24.4. The second-order valence-corrected chi connectivity index (χ2v) is 6.70. The van der Waals surface area contributed by atoms with Crippen LogP contribution in [0.4, 0.5) is 0 Å². The lowest BCUT2D eigenvalue weighted by atomic mass is 10.0. The van der Waals surface area contributed by atoms with Gasteiger partial charge in [0, 0.05) is 44.8 Å². The van der Waals surface area contributed by atoms with E-state index in [1.54, 1.807) is 0 Å². The van der Waals surface area contributed by atoms with E-state index >= 15 is 0 Å². The average Bonchev–Trinajstić information content (AvgIpc) is 3.32. The van der Waals surface area contributed by atoms with Crippen LogP contribution in [-0.2, 0) is 13.1 Å². The second kappa shape index (κ2) is 6.91. The molecule has 1 N–H and O–H groups in total. The third-order valence-corrected chi connectivity index (χ3v) is 5.00. The van der Waals surface area contributed by atoms with Crippen LogP contribution in [0, 0.1) is 0 Å². The topological polar surface area (TPSA) is 18.5 Å². The predicted octanol–water partition coefficient (Wildman–Crippen LogP) is 2.46. The summed E-state index contributed by atoms with van der Waals surface area (Å²) in [5.41, 5.74) is 2.99. The molecule has 0 bridgehead atoms. The van der Waals surface area contributed by atoms with Gasteiger partial charge in [-0.2, -0.15) is 0 Å². The highest BCUT2D eigenvalue weighted by Crippen LogP contribution is 2.21. The number of hydrogen-bond acceptors (Lipinski definition) is 3. The van der Waals surface area contributed by atoms with Crippen LogP contribution in [0.3, 0.4) is 0 Å². The molecule has 2 fully saturated rings. The Morgan fingerprint density at radius 3 is 2.62 bits per heavy atom. The standard InChI is InChI=1S/C18H29N3/c1-3-18-14-21(11-10-20(18)2)13-16-7-5-4-6-15(16)12-19-17-8-9-17/h4-7,17-19H,3,8-14H2,1-2H3. The molecule has 1 saturated carbocycles. The fourth-order valence-electron chi connectivity index (χ4n) is 3.26. The van der Waals surface area contributed by atoms with Gasteiger partial charge in [0.2, 0.25) is 0 Å². The van der Waals surface area contributed by atoms with Gasteiger partial charge in [-0.3, -0.25) is 4.90 Å². The lowest BCUT2D eigenvalue weighted by Crippen LogP contribution is -2.50. The molecule has 0 aromatic heterocycles. The summed E-state index contributed by atoms with van der Waals surface area (Å²) in [5.74, 6) is 0. The minimum Gasteiger partial charge on any atom is -0.310 e. The Labute approximate surface area is 129 Å². The molecule has 0 spiro atoms. The molecule has 1 unspecified atom stereocenters. The highest BCUT2D eigenvalue weighted by Gasteiger charge is 2.24. The summed E-state index contributed by atoms with van der Waals surface area (Å²) >= 11 is 0. The molecular weight excluding hydrogens is 258 g/mol. The van der Waals surface area contributed by atoms with E-state index in [1.165, 1.54) is 50.0 Å². The van der Waals surface area contributed by atoms with E-state index in [9.17, 15) is 0 Å². The van der Waals surface area contributed by atoms with Crippen molar-refractivity contribution in [1.29, 1.82) is 0 Å². The molecule has 3 heteroatoms. The summed E-state index contributed by atoms with van der Waals surface area (Å²) in [6, 6.07) is 10.5. The number of nitrogens with zero attached hydrogens (tertiary/aromatic N) is 2. The fraction of sp³-hybridized carbons (Fsp3) is 0.667. The van der Waals surface area contributed by atoms with Gasteiger partial charge in [0.25, 0.3) is 0 Å². The van der Waals surface area contributed by atoms with Crippen molar-refractivity contribution in [1.82, 2.24) is 15.1 Å². The van der Waals surface area contributed by atoms with E-state index in [4.69, 9.17) is 0 Å². The van der Waals surface area contributed by atoms with Crippen molar-refractivity contribution in [3.05, 3.63) is 35.4 Å². The van der Waals surface area contributed by atoms with Crippen molar-refractivity contribution >= 4 is 0 Å². The van der Waals surface area contributed by atoms with Crippen molar-refractivity contribution in [2.75, 3.05) is 26.7 Å². The van der Waals surface area contributed by atoms with Gasteiger partial charge in [-0.25, -0.2) is 0 Å². The molecule has 1 aromatic carbocycles. The number of likely N-dealkylation sites (N-methyl/N-ethyl adjacent to an activating group) is 1. The van der Waals surface area contributed by atoms with Gasteiger partial charge in [-0.05, 0) is 37.4 Å². The highest BCUT2D eigenvalue weighted by atomic mass is 15.3. The minimum atomic E-state index is 0.718. The van der Waals surface area contributed by atoms with Crippen molar-refractivity contribution in [3.63, 3.8) is 0 Å². The maximum Gasteiger partial charge on any atom is 0.0238 e. The monoisotopic (exact) mass is 287 g/mol. The summed E-state index contributed by atoms with van der Waals surface area (Å²) in [6.07, 6.45) is 3.97. The van der Waals surface area contributed by atoms with Crippen LogP contribution in [-0.4, -0.2) is 48.6 Å². The Bertz CT molecular complexity index is 456. The number of nitrogens with one attached hydrogen (secondary N) is 1. The summed E-state index contributed by atoms with van der Waals surface area (Å²) < 4.78 is 0. The van der Waals surface area contributed by atoms with Crippen LogP contribution in [0.15, 0.2) is 24.3 Å². The maximum absolute atomic E-state index is 3.65. The Hall–Kier alpha value is -0.900. The van der Waals surface area contributed by atoms with Crippen LogP contribution in [0.2, 0.25) is 0 Å². The van der Waals surface area contributed by atoms with Crippen molar-refractivity contribution in [2.24, 2.45) is 0 Å². The molecule has 1 atom stereocenters. The highest BCUT2D eigenvalue weighted by molar-refractivity contribution is 5.27. The predicted molar refractivity (Wildman–Crippen MR) is 88.3 cm³/mol. The zero-order valence-electron chi connectivity index (χ0n) is 13.5. The van der Waals surface area contributed by atoms with E-state index in [0.717, 1.165) is 25.2 Å². The lowest BCUT2D eigenvalue weighted by molar-refractivity contribution is 0.0882. The summed E-state index contributed by atoms with van der Waals surface area (Å²) in [6.45, 7) is 8.03. The molecule has 0 radical (unpaired) electrons. The first-order chi connectivity index (χ1) is 10.3. The van der Waals surface area contributed by atoms with Gasteiger partial charge >= 0.3 is 0 Å². The SMILES string of the molecule is CCC1CN(Cc2ccccc2CNC2CC2)CCN1C. The van der Waals surface area contributed by atoms with Gasteiger partial charge in [0.1, 0.15) is 0 Å². The molecule has 2 aliphatic rings. The third kappa shape index (κ3) is 4.06. The van der Waals surface area contributed by atoms with Crippen molar-refractivity contribution < 1.29 is 0 Å². The lowest BCUT2D eigenvalue weighted by Gasteiger charge is -2.39. The second-order valence-electron chi connectivity index (χ2n) is 6.70. The Morgan fingerprint density at radius 2 is 1.90 bits per heavy atom. The molecule has 0 amide bonds. The molecule has 1 aliphatic heterocycles. The minimum absolute atomic E-state index is 0.718. The number of hydrogen-bond donors (Lipinski definition) is 1. The van der Waals surface area contributed by atoms with Crippen LogP contribution in [0.1, 0.15) is 37.3 Å². The van der Waals surface area contributed by atoms with E-state index in [0.29, 0.717) is 0 Å². The van der Waals surface area contributed by atoms with E-state index in [2.05, 4.69) is 53.4 Å². The van der Waals surface area contributed by atoms with Crippen LogP contribution in [0.5, 0.6) is 0 Å². The molecule has 3 rings (SSSR count). The largest absolute Gasteiger partial charge is 0.310 e. The first-order valence-corrected chi connectivity index (χ1v) is 8.49. The average molecular weight is 287 g/mol. The van der Waals surface area contributed by atoms with E-state index in [1.807, 2.05) is 0 Å². The molecular formula is C18H29N3. The van der Waals surface area contributed by atoms with Crippen molar-refractivity contribution in [2.45, 2.75) is 51.4 Å². The van der Waals surface area contributed by atoms with Crippen molar-refractivity contribution in [3.8, 4) is 0 Å². The molecule has 116 valence electrons. The first kappa shape index (κ1) is 15.0. The summed E-state index contributed by atoms with van der Waals surface area (Å²) in [7, 11) is 2.26. The molecule has 1 aliphatic carbocycles. The molecule has 1 aromatic rings. The summed E-state index contributed by atoms with van der Waals surface area (Å²) in [5, 5.41) is 3.65. The van der Waals surface area contributed by atoms with Crippen LogP contribution < -0.4 is 5.32 Å². The Kier molecular flexibility index (Phi) is 4.94. The van der Waals surface area contributed by atoms with Gasteiger partial charge in [-0.15, -0.1) is 0 Å². The molecule has 1 heterocycles. The molecule has 21 heavy (non-hydrogen) atoms. The third-order valence-electron chi connectivity index (χ3n) is 5.00. The van der Waals surface area contributed by atoms with E-state index < -0.39 is 0 Å². The first-order valence-electron chi connectivity index (χ1n) is 8.49. The number of piperazine rings is 1. The zero-order valence-corrected chi connectivity index (χ0v) is 13.5. The number of benzene rings is 1. The maximum atomic E-state index is 3.65. The van der Waals surface area contributed by atoms with Gasteiger partial charge in [0.15, 0.2) is 0 Å². The van der Waals surface area contributed by atoms with Crippen LogP contribution >= 0.6 is 0 Å². The van der Waals surface area contributed by atoms with E-state index in [-0.39, 0.29) is 0 Å². The van der Waals surface area contributed by atoms with Crippen LogP contribution in [0.25, 0.3) is 0 Å². The van der Waals surface area contributed by atoms with Gasteiger partial charge in [0.05, 0.1) is 0 Å². The summed E-state index contributed by atoms with van der Waals surface area (Å²) in [4.78, 5) is 5.14. The van der Waals surface area contributed by atoms with Gasteiger partial charge < -0.3 is 10.2 Å².